The van der Waals surface area contributed by atoms with Crippen molar-refractivity contribution in [2.45, 2.75) is 13.8 Å². The average molecular weight is 294 g/mol. The molecule has 112 valence electrons. The van der Waals surface area contributed by atoms with E-state index in [1.54, 1.807) is 0 Å². The number of anilines is 2. The predicted molar refractivity (Wildman–Crippen MR) is 89.3 cm³/mol. The van der Waals surface area contributed by atoms with E-state index in [0.29, 0.717) is 5.95 Å². The van der Waals surface area contributed by atoms with Crippen molar-refractivity contribution < 1.29 is 4.79 Å². The van der Waals surface area contributed by atoms with Crippen LogP contribution in [0.3, 0.4) is 0 Å². The van der Waals surface area contributed by atoms with Gasteiger partial charge < -0.3 is 9.88 Å². The normalized spacial score (nSPS) is 10.7. The number of amides is 2. The van der Waals surface area contributed by atoms with Gasteiger partial charge in [-0.05, 0) is 43.2 Å². The van der Waals surface area contributed by atoms with Gasteiger partial charge in [-0.1, -0.05) is 24.3 Å². The largest absolute Gasteiger partial charge is 0.326 e. The van der Waals surface area contributed by atoms with Crippen molar-refractivity contribution in [1.29, 1.82) is 0 Å². The lowest BCUT2D eigenvalue weighted by atomic mass is 10.1. The molecule has 1 aromatic heterocycles. The Kier molecular flexibility index (Phi) is 3.55. The molecule has 0 aliphatic heterocycles. The van der Waals surface area contributed by atoms with Crippen LogP contribution in [0.1, 0.15) is 11.1 Å². The number of nitrogens with zero attached hydrogens (tertiary/aromatic N) is 2. The van der Waals surface area contributed by atoms with Crippen molar-refractivity contribution in [2.24, 2.45) is 7.05 Å². The minimum Gasteiger partial charge on any atom is -0.313 e. The van der Waals surface area contributed by atoms with Crippen LogP contribution in [0.4, 0.5) is 16.4 Å². The van der Waals surface area contributed by atoms with E-state index in [0.717, 1.165) is 27.8 Å². The summed E-state index contributed by atoms with van der Waals surface area (Å²) in [7, 11) is 1.88. The van der Waals surface area contributed by atoms with E-state index in [4.69, 9.17) is 0 Å². The van der Waals surface area contributed by atoms with Gasteiger partial charge in [-0.25, -0.2) is 9.78 Å². The number of benzene rings is 2. The van der Waals surface area contributed by atoms with Gasteiger partial charge in [0.15, 0.2) is 0 Å². The summed E-state index contributed by atoms with van der Waals surface area (Å²) in [5.41, 5.74) is 4.75. The number of urea groups is 1. The fourth-order valence-corrected chi connectivity index (χ4v) is 2.38. The Labute approximate surface area is 129 Å². The monoisotopic (exact) mass is 294 g/mol. The van der Waals surface area contributed by atoms with Crippen LogP contribution in [0.2, 0.25) is 0 Å². The second kappa shape index (κ2) is 5.52. The Bertz CT molecular complexity index is 851. The lowest BCUT2D eigenvalue weighted by molar-refractivity contribution is 0.262. The average Bonchev–Trinajstić information content (AvgIpc) is 2.80. The lowest BCUT2D eigenvalue weighted by Gasteiger charge is -2.10. The maximum absolute atomic E-state index is 12.2. The van der Waals surface area contributed by atoms with E-state index in [1.807, 2.05) is 67.9 Å². The molecule has 5 nitrogen and oxygen atoms in total. The molecule has 0 saturated carbocycles. The third-order valence-electron chi connectivity index (χ3n) is 3.65. The molecule has 0 aliphatic carbocycles. The fourth-order valence-electron chi connectivity index (χ4n) is 2.38. The molecule has 0 spiro atoms. The standard InChI is InChI=1S/C17H18N4O/c1-11-8-9-12(2)14(10-11)19-17(22)20-16-18-13-6-4-5-7-15(13)21(16)3/h4-10H,1-3H3,(H2,18,19,20,22). The minimum atomic E-state index is -0.299. The van der Waals surface area contributed by atoms with Gasteiger partial charge in [-0.15, -0.1) is 0 Å². The summed E-state index contributed by atoms with van der Waals surface area (Å²) >= 11 is 0. The molecular weight excluding hydrogens is 276 g/mol. The third-order valence-corrected chi connectivity index (χ3v) is 3.65. The molecule has 3 rings (SSSR count). The van der Waals surface area contributed by atoms with Crippen LogP contribution in [0, 0.1) is 13.8 Å². The van der Waals surface area contributed by atoms with Crippen LogP contribution in [0.5, 0.6) is 0 Å². The maximum Gasteiger partial charge on any atom is 0.326 e. The summed E-state index contributed by atoms with van der Waals surface area (Å²) in [6.07, 6.45) is 0. The molecule has 2 aromatic carbocycles. The summed E-state index contributed by atoms with van der Waals surface area (Å²) in [4.78, 5) is 16.6. The second-order valence-electron chi connectivity index (χ2n) is 5.38. The van der Waals surface area contributed by atoms with Gasteiger partial charge >= 0.3 is 6.03 Å². The molecule has 3 aromatic rings. The van der Waals surface area contributed by atoms with Gasteiger partial charge in [0.05, 0.1) is 11.0 Å². The maximum atomic E-state index is 12.2. The zero-order valence-electron chi connectivity index (χ0n) is 12.8. The molecule has 0 fully saturated rings. The van der Waals surface area contributed by atoms with Crippen LogP contribution in [-0.2, 0) is 7.05 Å². The highest BCUT2D eigenvalue weighted by atomic mass is 16.2. The molecule has 0 atom stereocenters. The summed E-state index contributed by atoms with van der Waals surface area (Å²) < 4.78 is 1.86. The highest BCUT2D eigenvalue weighted by Crippen LogP contribution is 2.19. The molecule has 1 heterocycles. The number of hydrogen-bond donors (Lipinski definition) is 2. The smallest absolute Gasteiger partial charge is 0.313 e. The number of carbonyl (C=O) groups excluding carboxylic acids is 1. The molecule has 2 N–H and O–H groups in total. The molecular formula is C17H18N4O. The van der Waals surface area contributed by atoms with Crippen LogP contribution in [0.15, 0.2) is 42.5 Å². The topological polar surface area (TPSA) is 59.0 Å². The summed E-state index contributed by atoms with van der Waals surface area (Å²) in [6, 6.07) is 13.4. The summed E-state index contributed by atoms with van der Waals surface area (Å²) in [5, 5.41) is 5.66. The van der Waals surface area contributed by atoms with Gasteiger partial charge in [0.25, 0.3) is 0 Å². The van der Waals surface area contributed by atoms with Crippen LogP contribution >= 0.6 is 0 Å². The quantitative estimate of drug-likeness (QED) is 0.754. The minimum absolute atomic E-state index is 0.299. The van der Waals surface area contributed by atoms with Gasteiger partial charge in [-0.2, -0.15) is 0 Å². The van der Waals surface area contributed by atoms with Gasteiger partial charge in [0.1, 0.15) is 0 Å². The van der Waals surface area contributed by atoms with Crippen molar-refractivity contribution in [3.05, 3.63) is 53.6 Å². The highest BCUT2D eigenvalue weighted by molar-refractivity contribution is 6.00. The SMILES string of the molecule is Cc1ccc(C)c(NC(=O)Nc2nc3ccccc3n2C)c1. The van der Waals surface area contributed by atoms with Crippen molar-refractivity contribution in [2.75, 3.05) is 10.6 Å². The molecule has 0 saturated heterocycles. The molecule has 0 unspecified atom stereocenters. The van der Waals surface area contributed by atoms with E-state index in [2.05, 4.69) is 15.6 Å². The number of aromatic nitrogens is 2. The number of aryl methyl sites for hydroxylation is 3. The van der Waals surface area contributed by atoms with Crippen molar-refractivity contribution in [1.82, 2.24) is 9.55 Å². The number of carbonyl (C=O) groups is 1. The molecule has 0 aliphatic rings. The highest BCUT2D eigenvalue weighted by Gasteiger charge is 2.11. The molecule has 0 radical (unpaired) electrons. The fraction of sp³-hybridized carbons (Fsp3) is 0.176. The Morgan fingerprint density at radius 3 is 2.64 bits per heavy atom. The van der Waals surface area contributed by atoms with E-state index in [-0.39, 0.29) is 6.03 Å². The first-order valence-corrected chi connectivity index (χ1v) is 7.11. The molecule has 2 amide bonds. The number of rotatable bonds is 2. The number of para-hydroxylation sites is 2. The number of nitrogens with one attached hydrogen (secondary N) is 2. The Morgan fingerprint density at radius 2 is 1.86 bits per heavy atom. The second-order valence-corrected chi connectivity index (χ2v) is 5.38. The van der Waals surface area contributed by atoms with Gasteiger partial charge in [0, 0.05) is 12.7 Å². The Morgan fingerprint density at radius 1 is 1.09 bits per heavy atom. The number of hydrogen-bond acceptors (Lipinski definition) is 2. The first-order valence-electron chi connectivity index (χ1n) is 7.11. The molecule has 0 bridgehead atoms. The van der Waals surface area contributed by atoms with Gasteiger partial charge in [0.2, 0.25) is 5.95 Å². The number of fused-ring (bicyclic) bond motifs is 1. The van der Waals surface area contributed by atoms with Gasteiger partial charge in [-0.3, -0.25) is 5.32 Å². The molecule has 22 heavy (non-hydrogen) atoms. The first kappa shape index (κ1) is 14.1. The van der Waals surface area contributed by atoms with Crippen molar-refractivity contribution >= 4 is 28.7 Å². The van der Waals surface area contributed by atoms with E-state index >= 15 is 0 Å². The van der Waals surface area contributed by atoms with E-state index in [1.165, 1.54) is 0 Å². The van der Waals surface area contributed by atoms with Crippen LogP contribution < -0.4 is 10.6 Å². The van der Waals surface area contributed by atoms with Crippen LogP contribution in [-0.4, -0.2) is 15.6 Å². The first-order chi connectivity index (χ1) is 10.5. The Hall–Kier alpha value is -2.82. The van der Waals surface area contributed by atoms with Crippen molar-refractivity contribution in [3.8, 4) is 0 Å². The van der Waals surface area contributed by atoms with E-state index < -0.39 is 0 Å². The number of imidazole rings is 1. The predicted octanol–water partition coefficient (Wildman–Crippen LogP) is 3.83. The summed E-state index contributed by atoms with van der Waals surface area (Å²) in [6.45, 7) is 3.96. The zero-order valence-corrected chi connectivity index (χ0v) is 12.8. The molecule has 5 heteroatoms. The zero-order chi connectivity index (χ0) is 15.7. The summed E-state index contributed by atoms with van der Waals surface area (Å²) in [5.74, 6) is 0.518. The van der Waals surface area contributed by atoms with Crippen molar-refractivity contribution in [3.63, 3.8) is 0 Å². The van der Waals surface area contributed by atoms with E-state index in [9.17, 15) is 4.79 Å². The third kappa shape index (κ3) is 2.65. The lowest BCUT2D eigenvalue weighted by Crippen LogP contribution is -2.22. The Balaban J connectivity index is 1.81. The van der Waals surface area contributed by atoms with Crippen LogP contribution in [0.25, 0.3) is 11.0 Å².